The van der Waals surface area contributed by atoms with Crippen molar-refractivity contribution >= 4 is 23.2 Å². The lowest BCUT2D eigenvalue weighted by Crippen LogP contribution is -2.42. The van der Waals surface area contributed by atoms with E-state index in [0.717, 1.165) is 11.3 Å². The molecule has 19 heavy (non-hydrogen) atoms. The Morgan fingerprint density at radius 1 is 1.53 bits per heavy atom. The SMILES string of the molecule is COc1cc(C)sc1C(=O)N1CCC[C@H](C(=O)O)C1. The molecular formula is C13H17NO4S. The van der Waals surface area contributed by atoms with Crippen LogP contribution in [0, 0.1) is 12.8 Å². The van der Waals surface area contributed by atoms with E-state index in [4.69, 9.17) is 9.84 Å². The topological polar surface area (TPSA) is 66.8 Å². The highest BCUT2D eigenvalue weighted by atomic mass is 32.1. The molecule has 0 spiro atoms. The first-order valence-corrected chi connectivity index (χ1v) is 7.01. The standard InChI is InChI=1S/C13H17NO4S/c1-8-6-10(18-2)11(19-8)12(15)14-5-3-4-9(7-14)13(16)17/h6,9H,3-5,7H2,1-2H3,(H,16,17)/t9-/m0/s1. The molecule has 0 radical (unpaired) electrons. The van der Waals surface area contributed by atoms with Crippen LogP contribution in [0.2, 0.25) is 0 Å². The molecule has 1 fully saturated rings. The van der Waals surface area contributed by atoms with Crippen molar-refractivity contribution in [2.24, 2.45) is 5.92 Å². The van der Waals surface area contributed by atoms with Gasteiger partial charge in [-0.05, 0) is 25.8 Å². The number of carbonyl (C=O) groups is 2. The van der Waals surface area contributed by atoms with Crippen LogP contribution in [0.3, 0.4) is 0 Å². The summed E-state index contributed by atoms with van der Waals surface area (Å²) in [6.45, 7) is 2.82. The molecule has 2 heterocycles. The minimum absolute atomic E-state index is 0.124. The number of likely N-dealkylation sites (tertiary alicyclic amines) is 1. The van der Waals surface area contributed by atoms with Gasteiger partial charge in [0, 0.05) is 18.0 Å². The number of hydrogen-bond donors (Lipinski definition) is 1. The van der Waals surface area contributed by atoms with E-state index in [0.29, 0.717) is 23.6 Å². The number of hydrogen-bond acceptors (Lipinski definition) is 4. The van der Waals surface area contributed by atoms with Crippen LogP contribution in [0.4, 0.5) is 0 Å². The van der Waals surface area contributed by atoms with E-state index in [1.165, 1.54) is 18.4 Å². The second kappa shape index (κ2) is 5.61. The number of carboxylic acid groups (broad SMARTS) is 1. The maximum Gasteiger partial charge on any atom is 0.308 e. The van der Waals surface area contributed by atoms with E-state index in [1.54, 1.807) is 4.90 Å². The molecule has 1 aromatic rings. The fourth-order valence-electron chi connectivity index (χ4n) is 2.30. The zero-order valence-electron chi connectivity index (χ0n) is 11.0. The van der Waals surface area contributed by atoms with E-state index in [1.807, 2.05) is 13.0 Å². The second-order valence-corrected chi connectivity index (χ2v) is 5.94. The molecule has 2 rings (SSSR count). The molecule has 1 atom stereocenters. The van der Waals surface area contributed by atoms with Crippen LogP contribution in [0.5, 0.6) is 5.75 Å². The van der Waals surface area contributed by atoms with Gasteiger partial charge in [-0.3, -0.25) is 9.59 Å². The molecule has 0 aliphatic carbocycles. The van der Waals surface area contributed by atoms with E-state index in [2.05, 4.69) is 0 Å². The van der Waals surface area contributed by atoms with Crippen molar-refractivity contribution in [3.8, 4) is 5.75 Å². The second-order valence-electron chi connectivity index (χ2n) is 4.68. The summed E-state index contributed by atoms with van der Waals surface area (Å²) in [7, 11) is 1.54. The third-order valence-corrected chi connectivity index (χ3v) is 4.31. The summed E-state index contributed by atoms with van der Waals surface area (Å²) in [6.07, 6.45) is 1.37. The fraction of sp³-hybridized carbons (Fsp3) is 0.538. The molecule has 104 valence electrons. The number of aryl methyl sites for hydroxylation is 1. The van der Waals surface area contributed by atoms with Gasteiger partial charge in [0.2, 0.25) is 0 Å². The third kappa shape index (κ3) is 2.89. The number of nitrogens with zero attached hydrogens (tertiary/aromatic N) is 1. The van der Waals surface area contributed by atoms with Crippen LogP contribution < -0.4 is 4.74 Å². The lowest BCUT2D eigenvalue weighted by atomic mass is 9.98. The molecular weight excluding hydrogens is 266 g/mol. The number of methoxy groups -OCH3 is 1. The highest BCUT2D eigenvalue weighted by Crippen LogP contribution is 2.31. The Morgan fingerprint density at radius 3 is 2.89 bits per heavy atom. The number of carbonyl (C=O) groups excluding carboxylic acids is 1. The number of carboxylic acids is 1. The molecule has 0 aromatic carbocycles. The van der Waals surface area contributed by atoms with Crippen molar-refractivity contribution in [3.05, 3.63) is 15.8 Å². The minimum Gasteiger partial charge on any atom is -0.495 e. The predicted octanol–water partition coefficient (Wildman–Crippen LogP) is 2.00. The third-order valence-electron chi connectivity index (χ3n) is 3.29. The van der Waals surface area contributed by atoms with Gasteiger partial charge in [-0.15, -0.1) is 11.3 Å². The van der Waals surface area contributed by atoms with Gasteiger partial charge in [0.15, 0.2) is 0 Å². The van der Waals surface area contributed by atoms with Crippen molar-refractivity contribution in [3.63, 3.8) is 0 Å². The maximum atomic E-state index is 12.4. The number of ether oxygens (including phenoxy) is 1. The summed E-state index contributed by atoms with van der Waals surface area (Å²) in [5.41, 5.74) is 0. The van der Waals surface area contributed by atoms with Crippen molar-refractivity contribution in [2.75, 3.05) is 20.2 Å². The summed E-state index contributed by atoms with van der Waals surface area (Å²) < 4.78 is 5.20. The molecule has 1 aliphatic heterocycles. The Hall–Kier alpha value is -1.56. The number of piperidine rings is 1. The Kier molecular flexibility index (Phi) is 4.09. The summed E-state index contributed by atoms with van der Waals surface area (Å²) in [5.74, 6) is -0.831. The Labute approximate surface area is 115 Å². The molecule has 1 saturated heterocycles. The molecule has 0 saturated carbocycles. The Bertz CT molecular complexity index is 497. The highest BCUT2D eigenvalue weighted by Gasteiger charge is 2.30. The quantitative estimate of drug-likeness (QED) is 0.921. The molecule has 1 aliphatic rings. The summed E-state index contributed by atoms with van der Waals surface area (Å²) in [5, 5.41) is 9.05. The van der Waals surface area contributed by atoms with Gasteiger partial charge in [0.1, 0.15) is 10.6 Å². The molecule has 0 bridgehead atoms. The van der Waals surface area contributed by atoms with E-state index in [-0.39, 0.29) is 12.5 Å². The van der Waals surface area contributed by atoms with Gasteiger partial charge in [0.05, 0.1) is 13.0 Å². The van der Waals surface area contributed by atoms with Crippen molar-refractivity contribution in [2.45, 2.75) is 19.8 Å². The Balaban J connectivity index is 2.16. The maximum absolute atomic E-state index is 12.4. The van der Waals surface area contributed by atoms with Crippen molar-refractivity contribution in [1.82, 2.24) is 4.90 Å². The van der Waals surface area contributed by atoms with E-state index >= 15 is 0 Å². The number of thiophene rings is 1. The molecule has 6 heteroatoms. The van der Waals surface area contributed by atoms with Crippen molar-refractivity contribution < 1.29 is 19.4 Å². The van der Waals surface area contributed by atoms with Gasteiger partial charge in [-0.25, -0.2) is 0 Å². The van der Waals surface area contributed by atoms with Crippen LogP contribution in [0.25, 0.3) is 0 Å². The minimum atomic E-state index is -0.827. The fourth-order valence-corrected chi connectivity index (χ4v) is 3.25. The van der Waals surface area contributed by atoms with Gasteiger partial charge < -0.3 is 14.7 Å². The molecule has 1 N–H and O–H groups in total. The van der Waals surface area contributed by atoms with Crippen LogP contribution in [0.1, 0.15) is 27.4 Å². The zero-order chi connectivity index (χ0) is 14.0. The normalized spacial score (nSPS) is 19.3. The van der Waals surface area contributed by atoms with E-state index < -0.39 is 11.9 Å². The van der Waals surface area contributed by atoms with Crippen LogP contribution >= 0.6 is 11.3 Å². The number of aliphatic carboxylic acids is 1. The lowest BCUT2D eigenvalue weighted by Gasteiger charge is -2.30. The van der Waals surface area contributed by atoms with Gasteiger partial charge in [-0.1, -0.05) is 0 Å². The molecule has 0 unspecified atom stereocenters. The first kappa shape index (κ1) is 13.9. The Morgan fingerprint density at radius 2 is 2.26 bits per heavy atom. The van der Waals surface area contributed by atoms with Crippen LogP contribution in [0.15, 0.2) is 6.07 Å². The first-order chi connectivity index (χ1) is 9.02. The lowest BCUT2D eigenvalue weighted by molar-refractivity contribution is -0.143. The zero-order valence-corrected chi connectivity index (χ0v) is 11.8. The summed E-state index contributed by atoms with van der Waals surface area (Å²) in [6, 6.07) is 1.83. The van der Waals surface area contributed by atoms with Gasteiger partial charge in [-0.2, -0.15) is 0 Å². The summed E-state index contributed by atoms with van der Waals surface area (Å²) in [4.78, 5) is 26.6. The van der Waals surface area contributed by atoms with Crippen LogP contribution in [-0.2, 0) is 4.79 Å². The van der Waals surface area contributed by atoms with E-state index in [9.17, 15) is 9.59 Å². The molecule has 1 aromatic heterocycles. The highest BCUT2D eigenvalue weighted by molar-refractivity contribution is 7.14. The van der Waals surface area contributed by atoms with Gasteiger partial charge in [0.25, 0.3) is 5.91 Å². The first-order valence-electron chi connectivity index (χ1n) is 6.19. The number of rotatable bonds is 3. The predicted molar refractivity (Wildman–Crippen MR) is 71.9 cm³/mol. The molecule has 1 amide bonds. The van der Waals surface area contributed by atoms with Crippen molar-refractivity contribution in [1.29, 1.82) is 0 Å². The van der Waals surface area contributed by atoms with Gasteiger partial charge >= 0.3 is 5.97 Å². The summed E-state index contributed by atoms with van der Waals surface area (Å²) >= 11 is 1.39. The smallest absolute Gasteiger partial charge is 0.308 e. The molecule has 5 nitrogen and oxygen atoms in total. The largest absolute Gasteiger partial charge is 0.495 e. The monoisotopic (exact) mass is 283 g/mol. The average Bonchev–Trinajstić information content (AvgIpc) is 2.79. The average molecular weight is 283 g/mol. The van der Waals surface area contributed by atoms with Crippen LogP contribution in [-0.4, -0.2) is 42.1 Å². The number of amides is 1.